The van der Waals surface area contributed by atoms with Crippen LogP contribution in [0.3, 0.4) is 0 Å². The van der Waals surface area contributed by atoms with E-state index in [1.807, 2.05) is 0 Å². The Kier molecular flexibility index (Phi) is 4.64. The minimum absolute atomic E-state index is 0.0613. The number of aliphatic hydroxyl groups excluding tert-OH is 1. The lowest BCUT2D eigenvalue weighted by Gasteiger charge is -2.60. The third-order valence-corrected chi connectivity index (χ3v) is 8.85. The summed E-state index contributed by atoms with van der Waals surface area (Å²) in [6.07, 6.45) is 10.9. The van der Waals surface area contributed by atoms with Gasteiger partial charge in [0.1, 0.15) is 6.61 Å². The van der Waals surface area contributed by atoms with Crippen LogP contribution in [0.2, 0.25) is 0 Å². The first-order valence-corrected chi connectivity index (χ1v) is 10.5. The minimum Gasteiger partial charge on any atom is -0.395 e. The zero-order valence-corrected chi connectivity index (χ0v) is 16.0. The van der Waals surface area contributed by atoms with Crippen LogP contribution < -0.4 is 5.73 Å². The second-order valence-electron chi connectivity index (χ2n) is 9.78. The van der Waals surface area contributed by atoms with E-state index >= 15 is 0 Å². The molecule has 4 saturated carbocycles. The van der Waals surface area contributed by atoms with Crippen molar-refractivity contribution < 1.29 is 9.94 Å². The molecule has 4 rings (SSSR count). The Morgan fingerprint density at radius 3 is 2.68 bits per heavy atom. The number of hydrogen-bond donors (Lipinski definition) is 2. The van der Waals surface area contributed by atoms with Gasteiger partial charge in [-0.05, 0) is 92.3 Å². The van der Waals surface area contributed by atoms with Crippen molar-refractivity contribution in [2.75, 3.05) is 13.2 Å². The quantitative estimate of drug-likeness (QED) is 0.603. The van der Waals surface area contributed by atoms with Crippen LogP contribution in [0, 0.1) is 34.5 Å². The van der Waals surface area contributed by atoms with Gasteiger partial charge in [-0.2, -0.15) is 0 Å². The van der Waals surface area contributed by atoms with E-state index in [4.69, 9.17) is 10.6 Å². The zero-order chi connectivity index (χ0) is 17.7. The van der Waals surface area contributed by atoms with E-state index in [0.29, 0.717) is 18.6 Å². The molecule has 0 radical (unpaired) electrons. The highest BCUT2D eigenvalue weighted by Crippen LogP contribution is 2.65. The molecule has 4 nitrogen and oxygen atoms in total. The monoisotopic (exact) mass is 348 g/mol. The van der Waals surface area contributed by atoms with E-state index in [9.17, 15) is 5.11 Å². The zero-order valence-electron chi connectivity index (χ0n) is 16.0. The molecule has 5 unspecified atom stereocenters. The van der Waals surface area contributed by atoms with E-state index in [0.717, 1.165) is 42.9 Å². The van der Waals surface area contributed by atoms with Crippen LogP contribution >= 0.6 is 0 Å². The molecular formula is C21H36N2O2. The van der Waals surface area contributed by atoms with Crippen LogP contribution in [-0.4, -0.2) is 30.1 Å². The Balaban J connectivity index is 1.50. The van der Waals surface area contributed by atoms with Gasteiger partial charge < -0.3 is 15.7 Å². The van der Waals surface area contributed by atoms with Gasteiger partial charge in [-0.15, -0.1) is 0 Å². The number of nitrogens with zero attached hydrogens (tertiary/aromatic N) is 1. The molecule has 4 heteroatoms. The fraction of sp³-hybridized carbons (Fsp3) is 0.952. The third kappa shape index (κ3) is 2.75. The molecule has 7 atom stereocenters. The van der Waals surface area contributed by atoms with Crippen LogP contribution in [0.1, 0.15) is 71.6 Å². The molecule has 3 N–H and O–H groups in total. The molecule has 4 fully saturated rings. The van der Waals surface area contributed by atoms with Gasteiger partial charge in [-0.25, -0.2) is 0 Å². The Hall–Kier alpha value is -0.610. The van der Waals surface area contributed by atoms with Gasteiger partial charge in [0.25, 0.3) is 0 Å². The Bertz CT molecular complexity index is 536. The molecule has 142 valence electrons. The van der Waals surface area contributed by atoms with Crippen molar-refractivity contribution >= 4 is 5.71 Å². The number of fused-ring (bicyclic) bond motifs is 5. The van der Waals surface area contributed by atoms with Crippen molar-refractivity contribution in [3.63, 3.8) is 0 Å². The average molecular weight is 349 g/mol. The lowest BCUT2D eigenvalue weighted by atomic mass is 9.45. The van der Waals surface area contributed by atoms with Crippen LogP contribution in [0.5, 0.6) is 0 Å². The molecule has 0 aromatic rings. The predicted molar refractivity (Wildman–Crippen MR) is 100 cm³/mol. The summed E-state index contributed by atoms with van der Waals surface area (Å²) in [6.45, 7) is 6.01. The molecule has 0 bridgehead atoms. The van der Waals surface area contributed by atoms with Gasteiger partial charge >= 0.3 is 0 Å². The van der Waals surface area contributed by atoms with Crippen molar-refractivity contribution in [2.24, 2.45) is 45.4 Å². The number of rotatable bonds is 3. The molecule has 0 aromatic heterocycles. The number of hydrogen-bond acceptors (Lipinski definition) is 4. The summed E-state index contributed by atoms with van der Waals surface area (Å²) < 4.78 is 0. The SMILES string of the molecule is CC12CCC3C(CCC4C/C(=N/OCCN)CC[C@@]43C)C1CC[C@@H]2O. The molecule has 25 heavy (non-hydrogen) atoms. The van der Waals surface area contributed by atoms with Crippen molar-refractivity contribution in [2.45, 2.75) is 77.7 Å². The van der Waals surface area contributed by atoms with Gasteiger partial charge in [0.2, 0.25) is 0 Å². The van der Waals surface area contributed by atoms with E-state index in [-0.39, 0.29) is 11.5 Å². The first-order valence-electron chi connectivity index (χ1n) is 10.5. The second-order valence-corrected chi connectivity index (χ2v) is 9.78. The minimum atomic E-state index is -0.0613. The molecule has 0 aliphatic heterocycles. The number of aliphatic hydroxyl groups is 1. The normalized spacial score (nSPS) is 50.9. The lowest BCUT2D eigenvalue weighted by Crippen LogP contribution is -2.54. The Labute approximate surface area is 152 Å². The van der Waals surface area contributed by atoms with E-state index in [1.165, 1.54) is 44.2 Å². The van der Waals surface area contributed by atoms with Crippen molar-refractivity contribution in [3.05, 3.63) is 0 Å². The Morgan fingerprint density at radius 1 is 1.08 bits per heavy atom. The summed E-state index contributed by atoms with van der Waals surface area (Å²) in [6, 6.07) is 0. The highest BCUT2D eigenvalue weighted by molar-refractivity contribution is 5.85. The largest absolute Gasteiger partial charge is 0.395 e. The topological polar surface area (TPSA) is 67.8 Å². The summed E-state index contributed by atoms with van der Waals surface area (Å²) in [5, 5.41) is 14.9. The molecule has 0 amide bonds. The smallest absolute Gasteiger partial charge is 0.129 e. The van der Waals surface area contributed by atoms with Gasteiger partial charge in [0.05, 0.1) is 11.8 Å². The van der Waals surface area contributed by atoms with Crippen molar-refractivity contribution in [3.8, 4) is 0 Å². The highest BCUT2D eigenvalue weighted by atomic mass is 16.6. The molecule has 4 aliphatic carbocycles. The molecule has 0 saturated heterocycles. The first kappa shape index (κ1) is 17.8. The highest BCUT2D eigenvalue weighted by Gasteiger charge is 2.59. The first-order chi connectivity index (χ1) is 12.0. The predicted octanol–water partition coefficient (Wildman–Crippen LogP) is 3.72. The van der Waals surface area contributed by atoms with E-state index < -0.39 is 0 Å². The summed E-state index contributed by atoms with van der Waals surface area (Å²) in [4.78, 5) is 5.36. The maximum absolute atomic E-state index is 10.6. The summed E-state index contributed by atoms with van der Waals surface area (Å²) >= 11 is 0. The Morgan fingerprint density at radius 2 is 1.88 bits per heavy atom. The van der Waals surface area contributed by atoms with Crippen molar-refractivity contribution in [1.82, 2.24) is 0 Å². The summed E-state index contributed by atoms with van der Waals surface area (Å²) in [5.74, 6) is 3.20. The van der Waals surface area contributed by atoms with Crippen LogP contribution in [-0.2, 0) is 4.84 Å². The molecule has 0 aromatic carbocycles. The number of nitrogens with two attached hydrogens (primary N) is 1. The fourth-order valence-corrected chi connectivity index (χ4v) is 7.30. The fourth-order valence-electron chi connectivity index (χ4n) is 7.30. The van der Waals surface area contributed by atoms with E-state index in [2.05, 4.69) is 19.0 Å². The van der Waals surface area contributed by atoms with Crippen LogP contribution in [0.4, 0.5) is 0 Å². The van der Waals surface area contributed by atoms with Crippen LogP contribution in [0.25, 0.3) is 0 Å². The van der Waals surface area contributed by atoms with Crippen molar-refractivity contribution in [1.29, 1.82) is 0 Å². The standard InChI is InChI=1S/C21H36N2O2/c1-20-9-7-15(23-25-12-11-22)13-14(20)3-4-16-17-5-6-19(24)21(17,2)10-8-18(16)20/h14,16-19,24H,3-13,22H2,1-2H3/b23-15+/t14?,16?,17?,18?,19-,20-,21?/m0/s1. The number of oxime groups is 1. The van der Waals surface area contributed by atoms with Crippen LogP contribution in [0.15, 0.2) is 5.16 Å². The van der Waals surface area contributed by atoms with Gasteiger partial charge in [0.15, 0.2) is 0 Å². The molecular weight excluding hydrogens is 312 g/mol. The molecule has 0 heterocycles. The summed E-state index contributed by atoms with van der Waals surface area (Å²) in [7, 11) is 0. The molecule has 4 aliphatic rings. The average Bonchev–Trinajstić information content (AvgIpc) is 2.90. The van der Waals surface area contributed by atoms with Gasteiger partial charge in [-0.3, -0.25) is 0 Å². The van der Waals surface area contributed by atoms with Gasteiger partial charge in [0, 0.05) is 6.54 Å². The van der Waals surface area contributed by atoms with Gasteiger partial charge in [-0.1, -0.05) is 19.0 Å². The maximum Gasteiger partial charge on any atom is 0.129 e. The maximum atomic E-state index is 10.6. The summed E-state index contributed by atoms with van der Waals surface area (Å²) in [5.41, 5.74) is 7.41. The third-order valence-electron chi connectivity index (χ3n) is 8.85. The second kappa shape index (κ2) is 6.53. The van der Waals surface area contributed by atoms with E-state index in [1.54, 1.807) is 0 Å². The molecule has 0 spiro atoms. The lowest BCUT2D eigenvalue weighted by molar-refractivity contribution is -0.112.